The third-order valence-corrected chi connectivity index (χ3v) is 5.26. The molecule has 8 heteroatoms. The highest BCUT2D eigenvalue weighted by Crippen LogP contribution is 2.21. The van der Waals surface area contributed by atoms with Gasteiger partial charge in [-0.15, -0.1) is 10.2 Å². The van der Waals surface area contributed by atoms with Crippen molar-refractivity contribution in [3.8, 4) is 0 Å². The Labute approximate surface area is 156 Å². The topological polar surface area (TPSA) is 77.6 Å². The Balaban J connectivity index is 1.60. The van der Waals surface area contributed by atoms with E-state index in [9.17, 15) is 4.79 Å². The average molecular weight is 370 g/mol. The summed E-state index contributed by atoms with van der Waals surface area (Å²) in [5, 5.41) is 16.4. The Kier molecular flexibility index (Phi) is 5.41. The summed E-state index contributed by atoms with van der Waals surface area (Å²) in [5.74, 6) is 1.06. The first-order chi connectivity index (χ1) is 12.5. The largest absolute Gasteiger partial charge is 0.322 e. The molecule has 2 aromatic heterocycles. The molecule has 0 radical (unpaired) electrons. The van der Waals surface area contributed by atoms with Gasteiger partial charge in [-0.25, -0.2) is 0 Å². The molecule has 2 heterocycles. The monoisotopic (exact) mass is 370 g/mol. The van der Waals surface area contributed by atoms with E-state index in [-0.39, 0.29) is 11.7 Å². The van der Waals surface area contributed by atoms with Gasteiger partial charge in [0.05, 0.1) is 22.8 Å². The van der Waals surface area contributed by atoms with Gasteiger partial charge in [0.25, 0.3) is 0 Å². The number of aryl methyl sites for hydroxylation is 2. The molecular weight excluding hydrogens is 348 g/mol. The van der Waals surface area contributed by atoms with Gasteiger partial charge in [0.2, 0.25) is 5.91 Å². The number of hydrogen-bond donors (Lipinski definition) is 1. The number of carbonyl (C=O) groups is 1. The smallest absolute Gasteiger partial charge is 0.234 e. The molecule has 0 fully saturated rings. The lowest BCUT2D eigenvalue weighted by Crippen LogP contribution is -2.15. The quantitative estimate of drug-likeness (QED) is 0.675. The lowest BCUT2D eigenvalue weighted by molar-refractivity contribution is -0.113. The fourth-order valence-electron chi connectivity index (χ4n) is 2.66. The van der Waals surface area contributed by atoms with E-state index >= 15 is 0 Å². The van der Waals surface area contributed by atoms with Gasteiger partial charge < -0.3 is 9.88 Å². The SMILES string of the molecule is Cc1nn(C)c(C)c1NC(=O)CSc1nnc(Cc2ccccc2)n1C. The Morgan fingerprint density at radius 2 is 1.88 bits per heavy atom. The third-order valence-electron chi connectivity index (χ3n) is 4.24. The predicted molar refractivity (Wildman–Crippen MR) is 102 cm³/mol. The van der Waals surface area contributed by atoms with Gasteiger partial charge in [-0.05, 0) is 19.4 Å². The van der Waals surface area contributed by atoms with Crippen LogP contribution in [0.15, 0.2) is 35.5 Å². The summed E-state index contributed by atoms with van der Waals surface area (Å²) >= 11 is 1.37. The van der Waals surface area contributed by atoms with Crippen LogP contribution in [0.2, 0.25) is 0 Å². The number of amides is 1. The lowest BCUT2D eigenvalue weighted by Gasteiger charge is -2.06. The summed E-state index contributed by atoms with van der Waals surface area (Å²) in [6.45, 7) is 3.82. The number of nitrogens with zero attached hydrogens (tertiary/aromatic N) is 5. The maximum atomic E-state index is 12.3. The van der Waals surface area contributed by atoms with Crippen LogP contribution < -0.4 is 5.32 Å². The maximum Gasteiger partial charge on any atom is 0.234 e. The Morgan fingerprint density at radius 3 is 2.54 bits per heavy atom. The van der Waals surface area contributed by atoms with Crippen LogP contribution in [-0.2, 0) is 25.3 Å². The predicted octanol–water partition coefficient (Wildman–Crippen LogP) is 2.49. The van der Waals surface area contributed by atoms with Crippen molar-refractivity contribution in [2.24, 2.45) is 14.1 Å². The number of hydrogen-bond acceptors (Lipinski definition) is 5. The zero-order chi connectivity index (χ0) is 18.7. The lowest BCUT2D eigenvalue weighted by atomic mass is 10.1. The van der Waals surface area contributed by atoms with Crippen LogP contribution in [0.5, 0.6) is 0 Å². The molecule has 0 spiro atoms. The molecule has 0 saturated heterocycles. The van der Waals surface area contributed by atoms with Crippen LogP contribution in [0.25, 0.3) is 0 Å². The highest BCUT2D eigenvalue weighted by molar-refractivity contribution is 7.99. The van der Waals surface area contributed by atoms with E-state index in [4.69, 9.17) is 0 Å². The molecule has 3 aromatic rings. The first kappa shape index (κ1) is 18.2. The Bertz CT molecular complexity index is 915. The van der Waals surface area contributed by atoms with Crippen molar-refractivity contribution in [1.82, 2.24) is 24.5 Å². The van der Waals surface area contributed by atoms with Crippen molar-refractivity contribution in [1.29, 1.82) is 0 Å². The molecule has 7 nitrogen and oxygen atoms in total. The van der Waals surface area contributed by atoms with Gasteiger partial charge >= 0.3 is 0 Å². The highest BCUT2D eigenvalue weighted by atomic mass is 32.2. The van der Waals surface area contributed by atoms with E-state index in [1.807, 2.05) is 50.7 Å². The molecule has 0 aliphatic carbocycles. The zero-order valence-corrected chi connectivity index (χ0v) is 16.2. The standard InChI is InChI=1S/C18H22N6OS/c1-12-17(13(2)24(4)22-12)19-16(25)11-26-18-21-20-15(23(18)3)10-14-8-6-5-7-9-14/h5-9H,10-11H2,1-4H3,(H,19,25). The Hall–Kier alpha value is -2.61. The summed E-state index contributed by atoms with van der Waals surface area (Å²) in [4.78, 5) is 12.3. The van der Waals surface area contributed by atoms with E-state index in [0.717, 1.165) is 28.1 Å². The van der Waals surface area contributed by atoms with E-state index in [2.05, 4.69) is 32.7 Å². The molecule has 26 heavy (non-hydrogen) atoms. The van der Waals surface area contributed by atoms with Crippen LogP contribution in [0.4, 0.5) is 5.69 Å². The van der Waals surface area contributed by atoms with Crippen LogP contribution in [0.1, 0.15) is 22.8 Å². The molecule has 0 unspecified atom stereocenters. The fourth-order valence-corrected chi connectivity index (χ4v) is 3.39. The summed E-state index contributed by atoms with van der Waals surface area (Å²) in [5.41, 5.74) is 3.71. The second-order valence-electron chi connectivity index (χ2n) is 6.13. The van der Waals surface area contributed by atoms with E-state index in [0.29, 0.717) is 6.42 Å². The van der Waals surface area contributed by atoms with Gasteiger partial charge in [-0.1, -0.05) is 42.1 Å². The summed E-state index contributed by atoms with van der Waals surface area (Å²) in [7, 11) is 3.79. The third kappa shape index (κ3) is 3.96. The molecule has 1 amide bonds. The van der Waals surface area contributed by atoms with Crippen molar-refractivity contribution in [2.75, 3.05) is 11.1 Å². The molecule has 0 aliphatic heterocycles. The Morgan fingerprint density at radius 1 is 1.15 bits per heavy atom. The second kappa shape index (κ2) is 7.74. The van der Waals surface area contributed by atoms with E-state index < -0.39 is 0 Å². The van der Waals surface area contributed by atoms with Gasteiger partial charge in [0.15, 0.2) is 5.16 Å². The minimum atomic E-state index is -0.0817. The average Bonchev–Trinajstić information content (AvgIpc) is 3.08. The maximum absolute atomic E-state index is 12.3. The number of nitrogens with one attached hydrogen (secondary N) is 1. The molecule has 0 saturated carbocycles. The number of carbonyl (C=O) groups excluding carboxylic acids is 1. The fraction of sp³-hybridized carbons (Fsp3) is 0.333. The van der Waals surface area contributed by atoms with Gasteiger partial charge in [0.1, 0.15) is 5.82 Å². The molecule has 1 N–H and O–H groups in total. The van der Waals surface area contributed by atoms with Crippen LogP contribution in [0, 0.1) is 13.8 Å². The van der Waals surface area contributed by atoms with Crippen molar-refractivity contribution in [3.05, 3.63) is 53.1 Å². The molecule has 3 rings (SSSR count). The number of anilines is 1. The molecular formula is C18H22N6OS. The first-order valence-electron chi connectivity index (χ1n) is 8.30. The molecule has 1 aromatic carbocycles. The van der Waals surface area contributed by atoms with Gasteiger partial charge in [-0.3, -0.25) is 9.48 Å². The molecule has 0 aliphatic rings. The summed E-state index contributed by atoms with van der Waals surface area (Å²) < 4.78 is 3.70. The second-order valence-corrected chi connectivity index (χ2v) is 7.07. The van der Waals surface area contributed by atoms with Crippen LogP contribution in [-0.4, -0.2) is 36.2 Å². The van der Waals surface area contributed by atoms with Crippen molar-refractivity contribution in [2.45, 2.75) is 25.4 Å². The number of aromatic nitrogens is 5. The number of thioether (sulfide) groups is 1. The molecule has 136 valence electrons. The minimum absolute atomic E-state index is 0.0817. The zero-order valence-electron chi connectivity index (χ0n) is 15.4. The van der Waals surface area contributed by atoms with Gasteiger partial charge in [-0.2, -0.15) is 5.10 Å². The number of benzene rings is 1. The van der Waals surface area contributed by atoms with Crippen molar-refractivity contribution in [3.63, 3.8) is 0 Å². The van der Waals surface area contributed by atoms with Crippen molar-refractivity contribution >= 4 is 23.4 Å². The number of rotatable bonds is 6. The minimum Gasteiger partial charge on any atom is -0.322 e. The molecule has 0 atom stereocenters. The summed E-state index contributed by atoms with van der Waals surface area (Å²) in [6, 6.07) is 10.1. The first-order valence-corrected chi connectivity index (χ1v) is 9.29. The van der Waals surface area contributed by atoms with Crippen LogP contribution >= 0.6 is 11.8 Å². The van der Waals surface area contributed by atoms with Gasteiger partial charge in [0, 0.05) is 20.5 Å². The van der Waals surface area contributed by atoms with Crippen LogP contribution in [0.3, 0.4) is 0 Å². The summed E-state index contributed by atoms with van der Waals surface area (Å²) in [6.07, 6.45) is 0.713. The van der Waals surface area contributed by atoms with E-state index in [1.165, 1.54) is 17.3 Å². The normalized spacial score (nSPS) is 10.9. The molecule has 0 bridgehead atoms. The van der Waals surface area contributed by atoms with E-state index in [1.54, 1.807) is 4.68 Å². The highest BCUT2D eigenvalue weighted by Gasteiger charge is 2.15. The van der Waals surface area contributed by atoms with Crippen molar-refractivity contribution < 1.29 is 4.79 Å².